The maximum Gasteiger partial charge on any atom is 0.287 e. The van der Waals surface area contributed by atoms with Crippen LogP contribution in [-0.4, -0.2) is 41.9 Å². The summed E-state index contributed by atoms with van der Waals surface area (Å²) in [4.78, 5) is 14.3. The Bertz CT molecular complexity index is 944. The Kier molecular flexibility index (Phi) is 6.17. The van der Waals surface area contributed by atoms with Crippen LogP contribution in [0.2, 0.25) is 0 Å². The molecule has 0 aliphatic carbocycles. The number of methoxy groups -OCH3 is 1. The molecule has 162 valence electrons. The quantitative estimate of drug-likeness (QED) is 0.495. The van der Waals surface area contributed by atoms with Crippen molar-refractivity contribution in [2.24, 2.45) is 0 Å². The average Bonchev–Trinajstić information content (AvgIpc) is 2.73. The number of hydrogen-bond acceptors (Lipinski definition) is 7. The topological polar surface area (TPSA) is 93.0 Å². The lowest BCUT2D eigenvalue weighted by atomic mass is 9.85. The summed E-state index contributed by atoms with van der Waals surface area (Å²) in [7, 11) is 1.68. The summed E-state index contributed by atoms with van der Waals surface area (Å²) in [6.07, 6.45) is 1.61. The molecule has 0 amide bonds. The Balaban J connectivity index is 1.91. The predicted octanol–water partition coefficient (Wildman–Crippen LogP) is 4.10. The van der Waals surface area contributed by atoms with Crippen LogP contribution in [0, 0.1) is 30.9 Å². The fourth-order valence-electron chi connectivity index (χ4n) is 3.89. The summed E-state index contributed by atoms with van der Waals surface area (Å²) in [5.74, 6) is 2.01. The predicted molar refractivity (Wildman–Crippen MR) is 112 cm³/mol. The number of hydrogen-bond donors (Lipinski definition) is 0. The summed E-state index contributed by atoms with van der Waals surface area (Å²) < 4.78 is 24.0. The molecular formula is C22H28N2O6. The third-order valence-electron chi connectivity index (χ3n) is 5.73. The van der Waals surface area contributed by atoms with Gasteiger partial charge in [0.25, 0.3) is 5.69 Å². The highest BCUT2D eigenvalue weighted by atomic mass is 16.6. The van der Waals surface area contributed by atoms with E-state index in [0.717, 1.165) is 33.8 Å². The number of nitro groups is 1. The van der Waals surface area contributed by atoms with E-state index in [4.69, 9.17) is 18.9 Å². The standard InChI is InChI=1S/C22H28N2O6/c1-7-28-18-10-17-15(4)20(27-6)13(2)14(3)21(17)30-22(18,5)12-29-19-9-8-16(11-23-19)24(25)26/h8-9,11,18H,7,10,12H2,1-6H3. The number of fused-ring (bicyclic) bond motifs is 1. The summed E-state index contributed by atoms with van der Waals surface area (Å²) in [6.45, 7) is 10.7. The molecule has 0 saturated heterocycles. The van der Waals surface area contributed by atoms with Gasteiger partial charge in [0.05, 0.1) is 12.0 Å². The first kappa shape index (κ1) is 21.8. The average molecular weight is 416 g/mol. The highest BCUT2D eigenvalue weighted by Gasteiger charge is 2.44. The lowest BCUT2D eigenvalue weighted by Crippen LogP contribution is -2.54. The van der Waals surface area contributed by atoms with Crippen molar-refractivity contribution < 1.29 is 23.9 Å². The van der Waals surface area contributed by atoms with Crippen LogP contribution < -0.4 is 14.2 Å². The molecule has 2 atom stereocenters. The molecule has 8 heteroatoms. The number of pyridine rings is 1. The van der Waals surface area contributed by atoms with Crippen molar-refractivity contribution in [2.75, 3.05) is 20.3 Å². The molecule has 0 fully saturated rings. The van der Waals surface area contributed by atoms with Gasteiger partial charge in [-0.15, -0.1) is 0 Å². The van der Waals surface area contributed by atoms with E-state index in [2.05, 4.69) is 4.98 Å². The zero-order valence-electron chi connectivity index (χ0n) is 18.3. The normalized spacial score (nSPS) is 20.3. The van der Waals surface area contributed by atoms with E-state index in [1.807, 2.05) is 34.6 Å². The fourth-order valence-corrected chi connectivity index (χ4v) is 3.89. The van der Waals surface area contributed by atoms with Crippen molar-refractivity contribution in [1.29, 1.82) is 0 Å². The van der Waals surface area contributed by atoms with E-state index >= 15 is 0 Å². The number of benzene rings is 1. The number of nitrogens with zero attached hydrogens (tertiary/aromatic N) is 2. The molecular weight excluding hydrogens is 388 g/mol. The molecule has 0 saturated carbocycles. The third kappa shape index (κ3) is 3.92. The fraction of sp³-hybridized carbons (Fsp3) is 0.500. The zero-order chi connectivity index (χ0) is 22.1. The van der Waals surface area contributed by atoms with E-state index in [-0.39, 0.29) is 18.4 Å². The number of ether oxygens (including phenoxy) is 4. The second-order valence-corrected chi connectivity index (χ2v) is 7.68. The minimum absolute atomic E-state index is 0.0841. The van der Waals surface area contributed by atoms with Gasteiger partial charge >= 0.3 is 0 Å². The summed E-state index contributed by atoms with van der Waals surface area (Å²) >= 11 is 0. The van der Waals surface area contributed by atoms with Crippen LogP contribution in [0.1, 0.15) is 36.1 Å². The summed E-state index contributed by atoms with van der Waals surface area (Å²) in [5.41, 5.74) is 3.37. The molecule has 0 N–H and O–H groups in total. The monoisotopic (exact) mass is 416 g/mol. The van der Waals surface area contributed by atoms with E-state index in [1.54, 1.807) is 7.11 Å². The molecule has 30 heavy (non-hydrogen) atoms. The molecule has 2 unspecified atom stereocenters. The molecule has 8 nitrogen and oxygen atoms in total. The summed E-state index contributed by atoms with van der Waals surface area (Å²) in [5, 5.41) is 10.8. The molecule has 3 rings (SSSR count). The largest absolute Gasteiger partial charge is 0.496 e. The van der Waals surface area contributed by atoms with Gasteiger partial charge in [0.1, 0.15) is 30.4 Å². The van der Waals surface area contributed by atoms with Crippen molar-refractivity contribution >= 4 is 5.69 Å². The van der Waals surface area contributed by atoms with Crippen molar-refractivity contribution in [3.63, 3.8) is 0 Å². The maximum absolute atomic E-state index is 10.8. The van der Waals surface area contributed by atoms with Crippen LogP contribution in [-0.2, 0) is 11.2 Å². The molecule has 1 aliphatic rings. The van der Waals surface area contributed by atoms with Crippen molar-refractivity contribution in [2.45, 2.75) is 52.7 Å². The minimum atomic E-state index is -0.759. The van der Waals surface area contributed by atoms with E-state index in [9.17, 15) is 10.1 Å². The van der Waals surface area contributed by atoms with Gasteiger partial charge < -0.3 is 18.9 Å². The van der Waals surface area contributed by atoms with Crippen molar-refractivity contribution in [3.05, 3.63) is 50.7 Å². The molecule has 0 bridgehead atoms. The Hall–Kier alpha value is -2.87. The van der Waals surface area contributed by atoms with Gasteiger partial charge in [-0.05, 0) is 51.3 Å². The smallest absolute Gasteiger partial charge is 0.287 e. The Morgan fingerprint density at radius 2 is 2.00 bits per heavy atom. The van der Waals surface area contributed by atoms with Crippen molar-refractivity contribution in [3.8, 4) is 17.4 Å². The van der Waals surface area contributed by atoms with Gasteiger partial charge in [-0.2, -0.15) is 0 Å². The van der Waals surface area contributed by atoms with Gasteiger partial charge in [-0.1, -0.05) is 0 Å². The Morgan fingerprint density at radius 3 is 2.57 bits per heavy atom. The second kappa shape index (κ2) is 8.47. The highest BCUT2D eigenvalue weighted by Crippen LogP contribution is 2.44. The first-order chi connectivity index (χ1) is 14.2. The lowest BCUT2D eigenvalue weighted by molar-refractivity contribution is -0.385. The molecule has 1 aliphatic heterocycles. The highest BCUT2D eigenvalue weighted by molar-refractivity contribution is 5.59. The van der Waals surface area contributed by atoms with E-state index in [1.165, 1.54) is 18.3 Å². The second-order valence-electron chi connectivity index (χ2n) is 7.68. The molecule has 0 spiro atoms. The van der Waals surface area contributed by atoms with Gasteiger partial charge in [-0.25, -0.2) is 4.98 Å². The zero-order valence-corrected chi connectivity index (χ0v) is 18.3. The van der Waals surface area contributed by atoms with E-state index in [0.29, 0.717) is 18.9 Å². The molecule has 2 heterocycles. The van der Waals surface area contributed by atoms with Crippen LogP contribution in [0.15, 0.2) is 18.3 Å². The van der Waals surface area contributed by atoms with Crippen LogP contribution in [0.4, 0.5) is 5.69 Å². The van der Waals surface area contributed by atoms with Crippen LogP contribution >= 0.6 is 0 Å². The third-order valence-corrected chi connectivity index (χ3v) is 5.73. The van der Waals surface area contributed by atoms with Gasteiger partial charge in [0, 0.05) is 30.7 Å². The number of rotatable bonds is 7. The molecule has 0 radical (unpaired) electrons. The SMILES string of the molecule is CCOC1Cc2c(C)c(OC)c(C)c(C)c2OC1(C)COc1ccc([N+](=O)[O-])cn1. The lowest BCUT2D eigenvalue weighted by Gasteiger charge is -2.43. The van der Waals surface area contributed by atoms with Crippen LogP contribution in [0.3, 0.4) is 0 Å². The summed E-state index contributed by atoms with van der Waals surface area (Å²) in [6, 6.07) is 2.85. The Morgan fingerprint density at radius 1 is 1.27 bits per heavy atom. The molecule has 1 aromatic heterocycles. The Labute approximate surface area is 176 Å². The molecule has 2 aromatic rings. The first-order valence-electron chi connectivity index (χ1n) is 9.92. The van der Waals surface area contributed by atoms with Gasteiger partial charge in [0.2, 0.25) is 5.88 Å². The number of aromatic nitrogens is 1. The maximum atomic E-state index is 10.8. The van der Waals surface area contributed by atoms with Crippen molar-refractivity contribution in [1.82, 2.24) is 4.98 Å². The minimum Gasteiger partial charge on any atom is -0.496 e. The molecule has 1 aromatic carbocycles. The van der Waals surface area contributed by atoms with Crippen LogP contribution in [0.25, 0.3) is 0 Å². The van der Waals surface area contributed by atoms with Crippen LogP contribution in [0.5, 0.6) is 17.4 Å². The van der Waals surface area contributed by atoms with Gasteiger partial charge in [0.15, 0.2) is 5.60 Å². The van der Waals surface area contributed by atoms with Gasteiger partial charge in [-0.3, -0.25) is 10.1 Å². The first-order valence-corrected chi connectivity index (χ1v) is 9.92. The van der Waals surface area contributed by atoms with E-state index < -0.39 is 10.5 Å².